The summed E-state index contributed by atoms with van der Waals surface area (Å²) < 4.78 is 16.2. The van der Waals surface area contributed by atoms with Crippen LogP contribution in [0.3, 0.4) is 0 Å². The largest absolute Gasteiger partial charge is 0.485 e. The smallest absolute Gasteiger partial charge is 0.267 e. The molecule has 2 rings (SSSR count). The Morgan fingerprint density at radius 3 is 2.90 bits per heavy atom. The van der Waals surface area contributed by atoms with Gasteiger partial charge in [-0.15, -0.1) is 0 Å². The van der Waals surface area contributed by atoms with E-state index in [1.54, 1.807) is 24.1 Å². The molecule has 0 aliphatic carbocycles. The fraction of sp³-hybridized carbons (Fsp3) is 0.467. The molecular weight excluding hydrogens is 272 g/mol. The molecule has 0 fully saturated rings. The molecule has 1 atom stereocenters. The van der Waals surface area contributed by atoms with Crippen LogP contribution in [0.1, 0.15) is 6.42 Å². The van der Waals surface area contributed by atoms with E-state index in [0.29, 0.717) is 31.2 Å². The van der Waals surface area contributed by atoms with Gasteiger partial charge in [0.1, 0.15) is 6.61 Å². The second-order valence-corrected chi connectivity index (χ2v) is 4.59. The lowest BCUT2D eigenvalue weighted by atomic mass is 10.2. The average molecular weight is 290 g/mol. The average Bonchev–Trinajstić information content (AvgIpc) is 2.54. The number of benzene rings is 1. The van der Waals surface area contributed by atoms with Crippen molar-refractivity contribution in [2.45, 2.75) is 12.5 Å². The van der Waals surface area contributed by atoms with Gasteiger partial charge in [0, 0.05) is 20.2 Å². The molecule has 0 spiro atoms. The molecule has 6 nitrogen and oxygen atoms in total. The first kappa shape index (κ1) is 15.1. The molecule has 1 aliphatic heterocycles. The van der Waals surface area contributed by atoms with Crippen molar-refractivity contribution < 1.29 is 19.0 Å². The Morgan fingerprint density at radius 1 is 1.43 bits per heavy atom. The summed E-state index contributed by atoms with van der Waals surface area (Å²) in [5.74, 6) is 1.02. The normalized spacial score (nSPS) is 16.1. The Bertz CT molecular complexity index is 527. The minimum absolute atomic E-state index is 0.173. The summed E-state index contributed by atoms with van der Waals surface area (Å²) >= 11 is 0. The number of rotatable bonds is 6. The number of hydrogen-bond acceptors (Lipinski definition) is 5. The van der Waals surface area contributed by atoms with Gasteiger partial charge in [-0.2, -0.15) is 5.26 Å². The van der Waals surface area contributed by atoms with Crippen LogP contribution in [0.2, 0.25) is 0 Å². The van der Waals surface area contributed by atoms with Crippen LogP contribution >= 0.6 is 0 Å². The van der Waals surface area contributed by atoms with Gasteiger partial charge in [-0.3, -0.25) is 4.79 Å². The molecule has 0 radical (unpaired) electrons. The Balaban J connectivity index is 2.02. The Kier molecular flexibility index (Phi) is 5.41. The molecule has 0 N–H and O–H groups in total. The van der Waals surface area contributed by atoms with Gasteiger partial charge < -0.3 is 19.1 Å². The molecule has 0 bridgehead atoms. The lowest BCUT2D eigenvalue weighted by molar-refractivity contribution is -0.141. The number of carbonyl (C=O) groups excluding carboxylic acids is 1. The highest BCUT2D eigenvalue weighted by molar-refractivity contribution is 5.82. The van der Waals surface area contributed by atoms with Crippen LogP contribution in [0.4, 0.5) is 0 Å². The SMILES string of the molecule is COCCN(CCC#N)C(=O)C1COc2ccccc2O1. The van der Waals surface area contributed by atoms with Crippen molar-refractivity contribution in [1.82, 2.24) is 4.90 Å². The Morgan fingerprint density at radius 2 is 2.19 bits per heavy atom. The Hall–Kier alpha value is -2.26. The summed E-state index contributed by atoms with van der Waals surface area (Å²) in [6.45, 7) is 1.38. The molecule has 1 aromatic carbocycles. The van der Waals surface area contributed by atoms with E-state index in [4.69, 9.17) is 19.5 Å². The maximum absolute atomic E-state index is 12.5. The molecular formula is C15H18N2O4. The third kappa shape index (κ3) is 3.86. The van der Waals surface area contributed by atoms with Crippen molar-refractivity contribution in [2.75, 3.05) is 33.4 Å². The number of amides is 1. The molecule has 112 valence electrons. The molecule has 0 aromatic heterocycles. The highest BCUT2D eigenvalue weighted by Crippen LogP contribution is 2.31. The first-order valence-electron chi connectivity index (χ1n) is 6.79. The molecule has 1 aromatic rings. The van der Waals surface area contributed by atoms with E-state index in [0.717, 1.165) is 0 Å². The van der Waals surface area contributed by atoms with Crippen molar-refractivity contribution in [1.29, 1.82) is 5.26 Å². The molecule has 1 unspecified atom stereocenters. The molecule has 1 aliphatic rings. The van der Waals surface area contributed by atoms with Crippen LogP contribution < -0.4 is 9.47 Å². The van der Waals surface area contributed by atoms with E-state index in [9.17, 15) is 4.79 Å². The zero-order valence-electron chi connectivity index (χ0n) is 11.9. The summed E-state index contributed by atoms with van der Waals surface area (Å²) in [6, 6.07) is 9.28. The number of para-hydroxylation sites is 2. The van der Waals surface area contributed by atoms with Crippen molar-refractivity contribution in [2.24, 2.45) is 0 Å². The fourth-order valence-corrected chi connectivity index (χ4v) is 2.06. The molecule has 0 saturated heterocycles. The highest BCUT2D eigenvalue weighted by Gasteiger charge is 2.30. The number of ether oxygens (including phenoxy) is 3. The van der Waals surface area contributed by atoms with Crippen LogP contribution in [0.15, 0.2) is 24.3 Å². The predicted molar refractivity (Wildman–Crippen MR) is 75.0 cm³/mol. The van der Waals surface area contributed by atoms with Gasteiger partial charge in [0.15, 0.2) is 11.5 Å². The van der Waals surface area contributed by atoms with Gasteiger partial charge in [0.25, 0.3) is 5.91 Å². The van der Waals surface area contributed by atoms with Crippen LogP contribution in [0.25, 0.3) is 0 Å². The number of nitriles is 1. The lowest BCUT2D eigenvalue weighted by Crippen LogP contribution is -2.47. The van der Waals surface area contributed by atoms with E-state index < -0.39 is 6.10 Å². The molecule has 21 heavy (non-hydrogen) atoms. The molecule has 1 heterocycles. The third-order valence-corrected chi connectivity index (χ3v) is 3.15. The number of methoxy groups -OCH3 is 1. The summed E-state index contributed by atoms with van der Waals surface area (Å²) in [5.41, 5.74) is 0. The second-order valence-electron chi connectivity index (χ2n) is 4.59. The van der Waals surface area contributed by atoms with Gasteiger partial charge >= 0.3 is 0 Å². The quantitative estimate of drug-likeness (QED) is 0.787. The van der Waals surface area contributed by atoms with Gasteiger partial charge in [-0.05, 0) is 12.1 Å². The van der Waals surface area contributed by atoms with E-state index in [1.807, 2.05) is 18.2 Å². The van der Waals surface area contributed by atoms with Crippen LogP contribution in [-0.4, -0.2) is 50.3 Å². The summed E-state index contributed by atoms with van der Waals surface area (Å²) in [7, 11) is 1.57. The maximum Gasteiger partial charge on any atom is 0.267 e. The number of carbonyl (C=O) groups is 1. The van der Waals surface area contributed by atoms with Crippen molar-refractivity contribution in [3.63, 3.8) is 0 Å². The third-order valence-electron chi connectivity index (χ3n) is 3.15. The van der Waals surface area contributed by atoms with Crippen LogP contribution in [-0.2, 0) is 9.53 Å². The van der Waals surface area contributed by atoms with E-state index in [-0.39, 0.29) is 18.9 Å². The fourth-order valence-electron chi connectivity index (χ4n) is 2.06. The van der Waals surface area contributed by atoms with E-state index in [1.165, 1.54) is 0 Å². The minimum Gasteiger partial charge on any atom is -0.485 e. The lowest BCUT2D eigenvalue weighted by Gasteiger charge is -2.30. The predicted octanol–water partition coefficient (Wildman–Crippen LogP) is 1.22. The monoisotopic (exact) mass is 290 g/mol. The van der Waals surface area contributed by atoms with Crippen molar-refractivity contribution in [3.8, 4) is 17.6 Å². The zero-order chi connectivity index (χ0) is 15.1. The van der Waals surface area contributed by atoms with Crippen molar-refractivity contribution in [3.05, 3.63) is 24.3 Å². The van der Waals surface area contributed by atoms with E-state index in [2.05, 4.69) is 0 Å². The standard InChI is InChI=1S/C15H18N2O4/c1-19-10-9-17(8-4-7-16)15(18)14-11-20-12-5-2-3-6-13(12)21-14/h2-3,5-6,14H,4,8-11H2,1H3. The Labute approximate surface area is 123 Å². The van der Waals surface area contributed by atoms with Crippen LogP contribution in [0.5, 0.6) is 11.5 Å². The summed E-state index contributed by atoms with van der Waals surface area (Å²) in [6.07, 6.45) is -0.407. The van der Waals surface area contributed by atoms with Crippen LogP contribution in [0, 0.1) is 11.3 Å². The van der Waals surface area contributed by atoms with E-state index >= 15 is 0 Å². The molecule has 0 saturated carbocycles. The van der Waals surface area contributed by atoms with Gasteiger partial charge in [0.2, 0.25) is 6.10 Å². The number of nitrogens with zero attached hydrogens (tertiary/aromatic N) is 2. The summed E-state index contributed by atoms with van der Waals surface area (Å²) in [4.78, 5) is 14.1. The van der Waals surface area contributed by atoms with Gasteiger partial charge in [0.05, 0.1) is 19.1 Å². The van der Waals surface area contributed by atoms with Crippen molar-refractivity contribution >= 4 is 5.91 Å². The number of fused-ring (bicyclic) bond motifs is 1. The first-order chi connectivity index (χ1) is 10.3. The summed E-state index contributed by atoms with van der Waals surface area (Å²) in [5, 5.41) is 8.69. The minimum atomic E-state index is -0.685. The number of hydrogen-bond donors (Lipinski definition) is 0. The molecule has 1 amide bonds. The maximum atomic E-state index is 12.5. The first-order valence-corrected chi connectivity index (χ1v) is 6.79. The van der Waals surface area contributed by atoms with Gasteiger partial charge in [-0.25, -0.2) is 0 Å². The second kappa shape index (κ2) is 7.50. The topological polar surface area (TPSA) is 71.8 Å². The zero-order valence-corrected chi connectivity index (χ0v) is 11.9. The highest BCUT2D eigenvalue weighted by atomic mass is 16.6. The molecule has 6 heteroatoms. The van der Waals surface area contributed by atoms with Gasteiger partial charge in [-0.1, -0.05) is 12.1 Å².